The van der Waals surface area contributed by atoms with E-state index >= 15 is 0 Å². The number of carbonyl (C=O) groups excluding carboxylic acids is 1. The Morgan fingerprint density at radius 2 is 1.89 bits per heavy atom. The van der Waals surface area contributed by atoms with E-state index in [2.05, 4.69) is 4.72 Å². The molecule has 1 aliphatic rings. The summed E-state index contributed by atoms with van der Waals surface area (Å²) in [6.07, 6.45) is 1.66. The van der Waals surface area contributed by atoms with Crippen LogP contribution in [0.4, 0.5) is 5.69 Å². The van der Waals surface area contributed by atoms with Crippen LogP contribution in [0.1, 0.15) is 17.3 Å². The Morgan fingerprint density at radius 3 is 2.44 bits per heavy atom. The van der Waals surface area contributed by atoms with Crippen LogP contribution in [0, 0.1) is 5.92 Å². The number of carbonyl (C=O) groups is 1. The van der Waals surface area contributed by atoms with E-state index in [-0.39, 0.29) is 35.4 Å². The maximum absolute atomic E-state index is 12.7. The van der Waals surface area contributed by atoms with E-state index in [0.717, 1.165) is 12.5 Å². The fourth-order valence-corrected chi connectivity index (χ4v) is 3.77. The zero-order valence-corrected chi connectivity index (χ0v) is 17.6. The Labute approximate surface area is 160 Å². The van der Waals surface area contributed by atoms with Crippen LogP contribution in [0.15, 0.2) is 18.2 Å². The van der Waals surface area contributed by atoms with Crippen LogP contribution < -0.4 is 9.46 Å². The van der Waals surface area contributed by atoms with Gasteiger partial charge in [0.05, 0.1) is 24.6 Å². The maximum Gasteiger partial charge on any atom is 0.257 e. The summed E-state index contributed by atoms with van der Waals surface area (Å²) >= 11 is 0. The van der Waals surface area contributed by atoms with Crippen molar-refractivity contribution in [3.8, 4) is 5.75 Å². The quantitative estimate of drug-likeness (QED) is 0.740. The Morgan fingerprint density at radius 1 is 1.26 bits per heavy atom. The van der Waals surface area contributed by atoms with E-state index < -0.39 is 26.2 Å². The highest BCUT2D eigenvalue weighted by Gasteiger charge is 2.31. The molecule has 1 amide bonds. The van der Waals surface area contributed by atoms with Crippen LogP contribution in [0.25, 0.3) is 0 Å². The number of hydrogen-bond acceptors (Lipinski definition) is 6. The van der Waals surface area contributed by atoms with E-state index in [4.69, 9.17) is 4.74 Å². The molecule has 27 heavy (non-hydrogen) atoms. The highest BCUT2D eigenvalue weighted by molar-refractivity contribution is 7.92. The van der Waals surface area contributed by atoms with Gasteiger partial charge in [-0.1, -0.05) is 6.92 Å². The summed E-state index contributed by atoms with van der Waals surface area (Å²) in [6.45, 7) is 2.38. The Bertz CT molecular complexity index is 929. The molecular weight excluding hydrogens is 394 g/mol. The molecule has 0 unspecified atom stereocenters. The largest absolute Gasteiger partial charge is 0.488 e. The second kappa shape index (κ2) is 7.64. The first-order valence-electron chi connectivity index (χ1n) is 8.23. The van der Waals surface area contributed by atoms with Gasteiger partial charge < -0.3 is 9.64 Å². The van der Waals surface area contributed by atoms with Gasteiger partial charge in [-0.05, 0) is 18.2 Å². The summed E-state index contributed by atoms with van der Waals surface area (Å²) in [5, 5.41) is 0. The Balaban J connectivity index is 2.42. The number of benzene rings is 1. The van der Waals surface area contributed by atoms with E-state index in [9.17, 15) is 21.6 Å². The average molecular weight is 420 g/mol. The number of nitrogens with one attached hydrogen (secondary N) is 1. The van der Waals surface area contributed by atoms with E-state index in [1.165, 1.54) is 34.5 Å². The molecule has 0 saturated heterocycles. The summed E-state index contributed by atoms with van der Waals surface area (Å²) in [7, 11) is -3.76. The topological polar surface area (TPSA) is 113 Å². The predicted molar refractivity (Wildman–Crippen MR) is 103 cm³/mol. The van der Waals surface area contributed by atoms with Gasteiger partial charge in [-0.2, -0.15) is 0 Å². The van der Waals surface area contributed by atoms with Gasteiger partial charge in [0, 0.05) is 32.2 Å². The zero-order chi connectivity index (χ0) is 20.6. The standard InChI is InChI=1S/C16H25N3O6S2/c1-11-9-18(2)16(20)13-8-12(17-26(4,21)22)6-7-14(13)25-15(11)10-19(3)27(5,23)24/h6-8,11,15,17H,9-10H2,1-5H3/t11-,15-/m0/s1. The first kappa shape index (κ1) is 21.5. The molecule has 0 fully saturated rings. The molecule has 11 heteroatoms. The number of likely N-dealkylation sites (N-methyl/N-ethyl adjacent to an activating group) is 1. The number of fused-ring (bicyclic) bond motifs is 1. The van der Waals surface area contributed by atoms with Crippen LogP contribution in [0.2, 0.25) is 0 Å². The summed E-state index contributed by atoms with van der Waals surface area (Å²) in [5.74, 6) is -0.140. The normalized spacial score (nSPS) is 21.3. The zero-order valence-electron chi connectivity index (χ0n) is 16.0. The van der Waals surface area contributed by atoms with Crippen LogP contribution in [0.5, 0.6) is 5.75 Å². The fraction of sp³-hybridized carbons (Fsp3) is 0.562. The smallest absolute Gasteiger partial charge is 0.257 e. The van der Waals surface area contributed by atoms with Gasteiger partial charge in [-0.15, -0.1) is 0 Å². The third-order valence-electron chi connectivity index (χ3n) is 4.34. The van der Waals surface area contributed by atoms with E-state index in [1.54, 1.807) is 7.05 Å². The molecule has 1 aromatic rings. The summed E-state index contributed by atoms with van der Waals surface area (Å²) in [4.78, 5) is 14.2. The van der Waals surface area contributed by atoms with Gasteiger partial charge >= 0.3 is 0 Å². The molecule has 1 heterocycles. The molecule has 2 atom stereocenters. The Hall–Kier alpha value is -1.85. The first-order valence-corrected chi connectivity index (χ1v) is 12.0. The van der Waals surface area contributed by atoms with Crippen LogP contribution in [-0.4, -0.2) is 77.7 Å². The van der Waals surface area contributed by atoms with Gasteiger partial charge in [0.25, 0.3) is 5.91 Å². The minimum absolute atomic E-state index is 0.120. The third-order valence-corrected chi connectivity index (χ3v) is 6.23. The molecule has 1 aliphatic heterocycles. The van der Waals surface area contributed by atoms with Gasteiger partial charge in [-0.25, -0.2) is 21.1 Å². The predicted octanol–water partition coefficient (Wildman–Crippen LogP) is 0.419. The second-order valence-electron chi connectivity index (χ2n) is 6.95. The number of nitrogens with zero attached hydrogens (tertiary/aromatic N) is 2. The van der Waals surface area contributed by atoms with Crippen molar-refractivity contribution in [2.45, 2.75) is 13.0 Å². The maximum atomic E-state index is 12.7. The number of sulfonamides is 2. The van der Waals surface area contributed by atoms with Gasteiger partial charge in [0.2, 0.25) is 20.0 Å². The van der Waals surface area contributed by atoms with Gasteiger partial charge in [0.1, 0.15) is 11.9 Å². The Kier molecular flexibility index (Phi) is 6.07. The molecule has 0 spiro atoms. The second-order valence-corrected chi connectivity index (χ2v) is 10.8. The molecule has 1 aromatic carbocycles. The lowest BCUT2D eigenvalue weighted by Crippen LogP contribution is -2.46. The van der Waals surface area contributed by atoms with Gasteiger partial charge in [-0.3, -0.25) is 9.52 Å². The number of hydrogen-bond donors (Lipinski definition) is 1. The summed E-state index contributed by atoms with van der Waals surface area (Å²) in [5.41, 5.74) is 0.463. The number of ether oxygens (including phenoxy) is 1. The van der Waals surface area contributed by atoms with Crippen LogP contribution in [0.3, 0.4) is 0 Å². The van der Waals surface area contributed by atoms with E-state index in [1.807, 2.05) is 6.92 Å². The minimum Gasteiger partial charge on any atom is -0.488 e. The van der Waals surface area contributed by atoms with Crippen molar-refractivity contribution < 1.29 is 26.4 Å². The summed E-state index contributed by atoms with van der Waals surface area (Å²) in [6, 6.07) is 4.43. The molecule has 152 valence electrons. The van der Waals surface area contributed by atoms with Crippen molar-refractivity contribution in [1.29, 1.82) is 0 Å². The van der Waals surface area contributed by atoms with Crippen molar-refractivity contribution in [3.63, 3.8) is 0 Å². The summed E-state index contributed by atoms with van der Waals surface area (Å²) < 4.78 is 55.9. The highest BCUT2D eigenvalue weighted by atomic mass is 32.2. The SMILES string of the molecule is C[C@H]1CN(C)C(=O)c2cc(NS(C)(=O)=O)ccc2O[C@H]1CN(C)S(C)(=O)=O. The highest BCUT2D eigenvalue weighted by Crippen LogP contribution is 2.29. The monoisotopic (exact) mass is 419 g/mol. The molecule has 0 saturated carbocycles. The molecule has 2 rings (SSSR count). The molecule has 0 radical (unpaired) electrons. The van der Waals surface area contributed by atoms with Crippen molar-refractivity contribution in [2.75, 3.05) is 44.4 Å². The third kappa shape index (κ3) is 5.56. The first-order chi connectivity index (χ1) is 12.3. The van der Waals surface area contributed by atoms with Crippen molar-refractivity contribution in [1.82, 2.24) is 9.21 Å². The van der Waals surface area contributed by atoms with Crippen molar-refractivity contribution in [2.24, 2.45) is 5.92 Å². The molecule has 0 aromatic heterocycles. The van der Waals surface area contributed by atoms with Crippen molar-refractivity contribution in [3.05, 3.63) is 23.8 Å². The fourth-order valence-electron chi connectivity index (χ4n) is 2.80. The minimum atomic E-state index is -3.49. The number of anilines is 1. The molecule has 9 nitrogen and oxygen atoms in total. The number of rotatable bonds is 5. The molecule has 1 N–H and O–H groups in total. The lowest BCUT2D eigenvalue weighted by Gasteiger charge is -2.34. The van der Waals surface area contributed by atoms with Crippen molar-refractivity contribution >= 4 is 31.6 Å². The number of amides is 1. The molecular formula is C16H25N3O6S2. The molecule has 0 aliphatic carbocycles. The van der Waals surface area contributed by atoms with E-state index in [0.29, 0.717) is 6.54 Å². The molecule has 0 bridgehead atoms. The van der Waals surface area contributed by atoms with Gasteiger partial charge in [0.15, 0.2) is 0 Å². The average Bonchev–Trinajstić information content (AvgIpc) is 2.51. The lowest BCUT2D eigenvalue weighted by molar-refractivity contribution is 0.0605. The lowest BCUT2D eigenvalue weighted by atomic mass is 10.0. The van der Waals surface area contributed by atoms with Crippen LogP contribution in [-0.2, 0) is 20.0 Å². The van der Waals surface area contributed by atoms with Crippen LogP contribution >= 0.6 is 0 Å².